The molecule has 1 aromatic carbocycles. The van der Waals surface area contributed by atoms with Crippen molar-refractivity contribution in [2.45, 2.75) is 44.8 Å². The molecular formula is C16H23F2NO3. The van der Waals surface area contributed by atoms with Crippen LogP contribution in [-0.2, 0) is 16.1 Å². The predicted molar refractivity (Wildman–Crippen MR) is 79.9 cm³/mol. The number of hydrogen-bond donors (Lipinski definition) is 1. The standard InChI is InChI=1S/C16H23F2NO3/c1-3-10-16(17,18)14(21-2)9-11-19-15(20)22-12-13-7-5-4-6-8-13/h4-8,14H,3,9-12H2,1-2H3,(H,19,20). The third-order valence-electron chi connectivity index (χ3n) is 3.23. The van der Waals surface area contributed by atoms with E-state index in [1.165, 1.54) is 7.11 Å². The minimum Gasteiger partial charge on any atom is -0.445 e. The van der Waals surface area contributed by atoms with Gasteiger partial charge in [-0.25, -0.2) is 13.6 Å². The summed E-state index contributed by atoms with van der Waals surface area (Å²) < 4.78 is 37.3. The van der Waals surface area contributed by atoms with Crippen LogP contribution in [0.3, 0.4) is 0 Å². The quantitative estimate of drug-likeness (QED) is 0.755. The predicted octanol–water partition coefficient (Wildman–Crippen LogP) is 3.75. The summed E-state index contributed by atoms with van der Waals surface area (Å²) in [6.45, 7) is 1.91. The fourth-order valence-corrected chi connectivity index (χ4v) is 2.08. The van der Waals surface area contributed by atoms with Crippen molar-refractivity contribution in [2.24, 2.45) is 0 Å². The lowest BCUT2D eigenvalue weighted by Gasteiger charge is -2.25. The molecule has 0 aliphatic rings. The summed E-state index contributed by atoms with van der Waals surface area (Å²) in [7, 11) is 1.25. The highest BCUT2D eigenvalue weighted by atomic mass is 19.3. The van der Waals surface area contributed by atoms with Gasteiger partial charge in [-0.1, -0.05) is 43.7 Å². The van der Waals surface area contributed by atoms with Gasteiger partial charge in [0.15, 0.2) is 0 Å². The van der Waals surface area contributed by atoms with E-state index in [1.54, 1.807) is 6.92 Å². The Bertz CT molecular complexity index is 440. The number of alkyl halides is 2. The second-order valence-electron chi connectivity index (χ2n) is 5.01. The first-order valence-corrected chi connectivity index (χ1v) is 7.34. The van der Waals surface area contributed by atoms with E-state index in [9.17, 15) is 13.6 Å². The lowest BCUT2D eigenvalue weighted by molar-refractivity contribution is -0.130. The third kappa shape index (κ3) is 6.39. The van der Waals surface area contributed by atoms with Crippen LogP contribution in [0.15, 0.2) is 30.3 Å². The Balaban J connectivity index is 2.28. The summed E-state index contributed by atoms with van der Waals surface area (Å²) >= 11 is 0. The lowest BCUT2D eigenvalue weighted by Crippen LogP contribution is -2.38. The Morgan fingerprint density at radius 1 is 1.32 bits per heavy atom. The SMILES string of the molecule is CCCC(F)(F)C(CCNC(=O)OCc1ccccc1)OC. The van der Waals surface area contributed by atoms with E-state index in [0.717, 1.165) is 5.56 Å². The molecule has 0 aliphatic heterocycles. The molecule has 1 rings (SSSR count). The van der Waals surface area contributed by atoms with Gasteiger partial charge in [0.05, 0.1) is 0 Å². The maximum absolute atomic E-state index is 13.7. The molecule has 1 aromatic rings. The van der Waals surface area contributed by atoms with Gasteiger partial charge in [0, 0.05) is 20.1 Å². The normalized spacial score (nSPS) is 12.7. The van der Waals surface area contributed by atoms with Gasteiger partial charge < -0.3 is 14.8 Å². The number of alkyl carbamates (subject to hydrolysis) is 1. The molecule has 1 amide bonds. The zero-order valence-electron chi connectivity index (χ0n) is 13.0. The Labute approximate surface area is 129 Å². The van der Waals surface area contributed by atoms with Gasteiger partial charge in [-0.2, -0.15) is 0 Å². The molecule has 1 N–H and O–H groups in total. The van der Waals surface area contributed by atoms with Gasteiger partial charge in [0.25, 0.3) is 5.92 Å². The van der Waals surface area contributed by atoms with E-state index < -0.39 is 18.1 Å². The van der Waals surface area contributed by atoms with Crippen LogP contribution in [0.2, 0.25) is 0 Å². The highest BCUT2D eigenvalue weighted by Crippen LogP contribution is 2.28. The number of nitrogens with one attached hydrogen (secondary N) is 1. The van der Waals surface area contributed by atoms with E-state index in [2.05, 4.69) is 5.32 Å². The Kier molecular flexibility index (Phi) is 7.80. The fraction of sp³-hybridized carbons (Fsp3) is 0.562. The molecule has 22 heavy (non-hydrogen) atoms. The third-order valence-corrected chi connectivity index (χ3v) is 3.23. The molecule has 124 valence electrons. The molecule has 4 nitrogen and oxygen atoms in total. The maximum Gasteiger partial charge on any atom is 0.407 e. The lowest BCUT2D eigenvalue weighted by atomic mass is 10.0. The van der Waals surface area contributed by atoms with Crippen LogP contribution in [0.25, 0.3) is 0 Å². The van der Waals surface area contributed by atoms with Crippen LogP contribution in [0.4, 0.5) is 13.6 Å². The topological polar surface area (TPSA) is 47.6 Å². The number of benzene rings is 1. The summed E-state index contributed by atoms with van der Waals surface area (Å²) in [5.74, 6) is -2.89. The molecule has 0 saturated heterocycles. The first-order chi connectivity index (χ1) is 10.5. The molecule has 0 bridgehead atoms. The van der Waals surface area contributed by atoms with Crippen LogP contribution < -0.4 is 5.32 Å². The van der Waals surface area contributed by atoms with E-state index in [1.807, 2.05) is 30.3 Å². The van der Waals surface area contributed by atoms with Gasteiger partial charge in [0.2, 0.25) is 0 Å². The average molecular weight is 315 g/mol. The number of ether oxygens (including phenoxy) is 2. The van der Waals surface area contributed by atoms with Gasteiger partial charge in [-0.05, 0) is 12.0 Å². The summed E-state index contributed by atoms with van der Waals surface area (Å²) in [5, 5.41) is 2.46. The molecule has 0 heterocycles. The van der Waals surface area contributed by atoms with Crippen LogP contribution in [0.1, 0.15) is 31.7 Å². The summed E-state index contributed by atoms with van der Waals surface area (Å²) in [4.78, 5) is 11.5. The van der Waals surface area contributed by atoms with Crippen LogP contribution in [0.5, 0.6) is 0 Å². The first kappa shape index (κ1) is 18.4. The number of carbonyl (C=O) groups excluding carboxylic acids is 1. The van der Waals surface area contributed by atoms with Crippen molar-refractivity contribution in [1.29, 1.82) is 0 Å². The Morgan fingerprint density at radius 2 is 2.00 bits per heavy atom. The van der Waals surface area contributed by atoms with Crippen LogP contribution in [0, 0.1) is 0 Å². The van der Waals surface area contributed by atoms with Crippen LogP contribution in [-0.4, -0.2) is 31.8 Å². The molecule has 0 saturated carbocycles. The number of hydrogen-bond acceptors (Lipinski definition) is 3. The van der Waals surface area contributed by atoms with Crippen molar-refractivity contribution >= 4 is 6.09 Å². The molecule has 0 spiro atoms. The zero-order chi connectivity index (χ0) is 16.4. The second kappa shape index (κ2) is 9.35. The smallest absolute Gasteiger partial charge is 0.407 e. The van der Waals surface area contributed by atoms with E-state index >= 15 is 0 Å². The fourth-order valence-electron chi connectivity index (χ4n) is 2.08. The first-order valence-electron chi connectivity index (χ1n) is 7.34. The van der Waals surface area contributed by atoms with Gasteiger partial charge >= 0.3 is 6.09 Å². The van der Waals surface area contributed by atoms with Crippen molar-refractivity contribution in [3.63, 3.8) is 0 Å². The maximum atomic E-state index is 13.7. The van der Waals surface area contributed by atoms with E-state index in [0.29, 0.717) is 6.42 Å². The molecule has 0 aromatic heterocycles. The van der Waals surface area contributed by atoms with Crippen LogP contribution >= 0.6 is 0 Å². The minimum absolute atomic E-state index is 0.0317. The number of rotatable bonds is 9. The molecule has 1 unspecified atom stereocenters. The van der Waals surface area contributed by atoms with Crippen molar-refractivity contribution in [2.75, 3.05) is 13.7 Å². The number of carbonyl (C=O) groups is 1. The number of methoxy groups -OCH3 is 1. The summed E-state index contributed by atoms with van der Waals surface area (Å²) in [6.07, 6.45) is -1.66. The van der Waals surface area contributed by atoms with Gasteiger partial charge in [0.1, 0.15) is 12.7 Å². The summed E-state index contributed by atoms with van der Waals surface area (Å²) in [6, 6.07) is 9.22. The summed E-state index contributed by atoms with van der Waals surface area (Å²) in [5.41, 5.74) is 0.863. The molecule has 0 fully saturated rings. The number of amides is 1. The Morgan fingerprint density at radius 3 is 2.59 bits per heavy atom. The van der Waals surface area contributed by atoms with Gasteiger partial charge in [-0.3, -0.25) is 0 Å². The molecular weight excluding hydrogens is 292 g/mol. The van der Waals surface area contributed by atoms with Crippen molar-refractivity contribution in [3.8, 4) is 0 Å². The molecule has 6 heteroatoms. The highest BCUT2D eigenvalue weighted by molar-refractivity contribution is 5.67. The molecule has 0 aliphatic carbocycles. The van der Waals surface area contributed by atoms with Crippen molar-refractivity contribution in [3.05, 3.63) is 35.9 Å². The van der Waals surface area contributed by atoms with E-state index in [-0.39, 0.29) is 26.0 Å². The highest BCUT2D eigenvalue weighted by Gasteiger charge is 2.38. The second-order valence-corrected chi connectivity index (χ2v) is 5.01. The monoisotopic (exact) mass is 315 g/mol. The number of halogens is 2. The zero-order valence-corrected chi connectivity index (χ0v) is 13.0. The van der Waals surface area contributed by atoms with Gasteiger partial charge in [-0.15, -0.1) is 0 Å². The van der Waals surface area contributed by atoms with Crippen molar-refractivity contribution in [1.82, 2.24) is 5.32 Å². The molecule has 0 radical (unpaired) electrons. The van der Waals surface area contributed by atoms with Crippen molar-refractivity contribution < 1.29 is 23.0 Å². The van der Waals surface area contributed by atoms with E-state index in [4.69, 9.17) is 9.47 Å². The minimum atomic E-state index is -2.89. The average Bonchev–Trinajstić information content (AvgIpc) is 2.50. The largest absolute Gasteiger partial charge is 0.445 e. The Hall–Kier alpha value is -1.69. The molecule has 1 atom stereocenters.